The molecule has 9 heteroatoms. The van der Waals surface area contributed by atoms with Gasteiger partial charge in [-0.2, -0.15) is 0 Å². The molecule has 1 N–H and O–H groups in total. The highest BCUT2D eigenvalue weighted by Crippen LogP contribution is 2.36. The Labute approximate surface area is 165 Å². The highest BCUT2D eigenvalue weighted by molar-refractivity contribution is 5.50. The average Bonchev–Trinajstić information content (AvgIpc) is 2.72. The molecule has 0 heterocycles. The number of nitro benzene ring substituents is 2. The lowest BCUT2D eigenvalue weighted by atomic mass is 10.2. The predicted molar refractivity (Wildman–Crippen MR) is 103 cm³/mol. The first kappa shape index (κ1) is 19.6. The number of aromatic hydroxyl groups is 1. The van der Waals surface area contributed by atoms with Crippen molar-refractivity contribution in [1.82, 2.24) is 0 Å². The summed E-state index contributed by atoms with van der Waals surface area (Å²) < 4.78 is 11.2. The zero-order chi connectivity index (χ0) is 20.8. The van der Waals surface area contributed by atoms with Crippen LogP contribution in [-0.4, -0.2) is 15.0 Å². The number of phenolic OH excluding ortho intramolecular Hbond substituents is 1. The van der Waals surface area contributed by atoms with Crippen LogP contribution in [0.15, 0.2) is 66.7 Å². The molecule has 3 aromatic rings. The van der Waals surface area contributed by atoms with E-state index in [2.05, 4.69) is 0 Å². The van der Waals surface area contributed by atoms with E-state index in [-0.39, 0.29) is 41.8 Å². The summed E-state index contributed by atoms with van der Waals surface area (Å²) in [5, 5.41) is 31.7. The summed E-state index contributed by atoms with van der Waals surface area (Å²) in [6.07, 6.45) is 0. The van der Waals surface area contributed by atoms with Crippen molar-refractivity contribution in [2.24, 2.45) is 0 Å². The monoisotopic (exact) mass is 396 g/mol. The Morgan fingerprint density at radius 3 is 1.41 bits per heavy atom. The molecule has 0 bridgehead atoms. The lowest BCUT2D eigenvalue weighted by Gasteiger charge is -2.12. The summed E-state index contributed by atoms with van der Waals surface area (Å²) in [6.45, 7) is 0.217. The molecule has 3 rings (SSSR count). The van der Waals surface area contributed by atoms with Crippen molar-refractivity contribution in [3.8, 4) is 17.2 Å². The van der Waals surface area contributed by atoms with E-state index in [0.717, 1.165) is 0 Å². The summed E-state index contributed by atoms with van der Waals surface area (Å²) in [7, 11) is 0. The van der Waals surface area contributed by atoms with Crippen molar-refractivity contribution in [2.45, 2.75) is 13.2 Å². The van der Waals surface area contributed by atoms with Crippen LogP contribution in [0.3, 0.4) is 0 Å². The molecule has 0 amide bonds. The molecule has 0 unspecified atom stereocenters. The maximum Gasteiger partial charge on any atom is 0.269 e. The molecule has 0 saturated carbocycles. The van der Waals surface area contributed by atoms with Gasteiger partial charge in [0, 0.05) is 24.3 Å². The number of benzene rings is 3. The van der Waals surface area contributed by atoms with Crippen molar-refractivity contribution >= 4 is 11.4 Å². The molecular weight excluding hydrogens is 380 g/mol. The third kappa shape index (κ3) is 4.98. The number of rotatable bonds is 8. The lowest BCUT2D eigenvalue weighted by Crippen LogP contribution is -1.99. The van der Waals surface area contributed by atoms with Gasteiger partial charge in [0.15, 0.2) is 11.5 Å². The number of ether oxygens (including phenoxy) is 2. The first-order valence-corrected chi connectivity index (χ1v) is 8.48. The third-order valence-corrected chi connectivity index (χ3v) is 4.04. The van der Waals surface area contributed by atoms with E-state index in [4.69, 9.17) is 9.47 Å². The molecule has 29 heavy (non-hydrogen) atoms. The molecule has 0 atom stereocenters. The summed E-state index contributed by atoms with van der Waals surface area (Å²) >= 11 is 0. The average molecular weight is 396 g/mol. The van der Waals surface area contributed by atoms with Gasteiger partial charge < -0.3 is 14.6 Å². The Hall–Kier alpha value is -4.14. The fraction of sp³-hybridized carbons (Fsp3) is 0.100. The Kier molecular flexibility index (Phi) is 5.88. The number of phenols is 1. The molecule has 0 radical (unpaired) electrons. The van der Waals surface area contributed by atoms with Gasteiger partial charge in [-0.25, -0.2) is 0 Å². The van der Waals surface area contributed by atoms with Crippen LogP contribution in [-0.2, 0) is 13.2 Å². The van der Waals surface area contributed by atoms with Crippen molar-refractivity contribution in [3.05, 3.63) is 98.1 Å². The van der Waals surface area contributed by atoms with Gasteiger partial charge in [-0.15, -0.1) is 0 Å². The van der Waals surface area contributed by atoms with Crippen molar-refractivity contribution < 1.29 is 24.4 Å². The number of para-hydroxylation sites is 1. The predicted octanol–water partition coefficient (Wildman–Crippen LogP) is 4.37. The normalized spacial score (nSPS) is 10.3. The number of hydrogen-bond acceptors (Lipinski definition) is 7. The van der Waals surface area contributed by atoms with E-state index >= 15 is 0 Å². The first-order chi connectivity index (χ1) is 13.9. The van der Waals surface area contributed by atoms with E-state index in [0.29, 0.717) is 11.1 Å². The molecule has 9 nitrogen and oxygen atoms in total. The third-order valence-electron chi connectivity index (χ3n) is 4.04. The SMILES string of the molecule is O=[N+]([O-])c1ccc(COc2cccc(OCc3ccc([N+](=O)[O-])cc3)c2O)cc1. The molecule has 0 aliphatic heterocycles. The Bertz CT molecular complexity index is 938. The zero-order valence-corrected chi connectivity index (χ0v) is 15.1. The number of nitro groups is 2. The summed E-state index contributed by atoms with van der Waals surface area (Å²) in [6, 6.07) is 16.6. The van der Waals surface area contributed by atoms with E-state index in [9.17, 15) is 25.3 Å². The quantitative estimate of drug-likeness (QED) is 0.443. The van der Waals surface area contributed by atoms with E-state index < -0.39 is 9.85 Å². The molecule has 0 aliphatic carbocycles. The van der Waals surface area contributed by atoms with Crippen LogP contribution in [0.5, 0.6) is 17.2 Å². The molecule has 0 aromatic heterocycles. The van der Waals surface area contributed by atoms with Crippen LogP contribution in [0.2, 0.25) is 0 Å². The van der Waals surface area contributed by atoms with Gasteiger partial charge in [-0.3, -0.25) is 20.2 Å². The van der Waals surface area contributed by atoms with Gasteiger partial charge in [0.2, 0.25) is 5.75 Å². The Balaban J connectivity index is 1.62. The number of nitrogens with zero attached hydrogens (tertiary/aromatic N) is 2. The lowest BCUT2D eigenvalue weighted by molar-refractivity contribution is -0.385. The van der Waals surface area contributed by atoms with Crippen LogP contribution in [0, 0.1) is 20.2 Å². The second kappa shape index (κ2) is 8.70. The second-order valence-electron chi connectivity index (χ2n) is 6.03. The van der Waals surface area contributed by atoms with Gasteiger partial charge in [-0.05, 0) is 47.5 Å². The number of non-ortho nitro benzene ring substituents is 2. The highest BCUT2D eigenvalue weighted by atomic mass is 16.6. The standard InChI is InChI=1S/C20H16N2O7/c23-20-18(28-12-14-4-8-16(9-5-14)21(24)25)2-1-3-19(20)29-13-15-6-10-17(11-7-15)22(26)27/h1-11,23H,12-13H2. The van der Waals surface area contributed by atoms with Crippen molar-refractivity contribution in [2.75, 3.05) is 0 Å². The minimum atomic E-state index is -0.484. The Morgan fingerprint density at radius 1 is 0.690 bits per heavy atom. The maximum absolute atomic E-state index is 10.7. The second-order valence-corrected chi connectivity index (χ2v) is 6.03. The van der Waals surface area contributed by atoms with Gasteiger partial charge in [0.1, 0.15) is 13.2 Å². The van der Waals surface area contributed by atoms with Crippen molar-refractivity contribution in [3.63, 3.8) is 0 Å². The fourth-order valence-electron chi connectivity index (χ4n) is 2.49. The summed E-state index contributed by atoms with van der Waals surface area (Å²) in [5.74, 6) is 0.213. The van der Waals surface area contributed by atoms with E-state index in [1.54, 1.807) is 42.5 Å². The van der Waals surface area contributed by atoms with Crippen LogP contribution >= 0.6 is 0 Å². The van der Waals surface area contributed by atoms with Gasteiger partial charge in [-0.1, -0.05) is 6.07 Å². The maximum atomic E-state index is 10.7. The van der Waals surface area contributed by atoms with Crippen LogP contribution in [0.25, 0.3) is 0 Å². The first-order valence-electron chi connectivity index (χ1n) is 8.48. The van der Waals surface area contributed by atoms with Gasteiger partial charge in [0.05, 0.1) is 9.85 Å². The molecular formula is C20H16N2O7. The molecule has 0 spiro atoms. The molecule has 0 saturated heterocycles. The summed E-state index contributed by atoms with van der Waals surface area (Å²) in [4.78, 5) is 20.4. The molecule has 0 aliphatic rings. The summed E-state index contributed by atoms with van der Waals surface area (Å²) in [5.41, 5.74) is 1.37. The van der Waals surface area contributed by atoms with Gasteiger partial charge in [0.25, 0.3) is 11.4 Å². The van der Waals surface area contributed by atoms with Gasteiger partial charge >= 0.3 is 0 Å². The van der Waals surface area contributed by atoms with Crippen LogP contribution in [0.1, 0.15) is 11.1 Å². The molecule has 148 valence electrons. The minimum Gasteiger partial charge on any atom is -0.502 e. The Morgan fingerprint density at radius 2 is 1.07 bits per heavy atom. The van der Waals surface area contributed by atoms with E-state index in [1.807, 2.05) is 0 Å². The number of hydrogen-bond donors (Lipinski definition) is 1. The topological polar surface area (TPSA) is 125 Å². The fourth-order valence-corrected chi connectivity index (χ4v) is 2.49. The van der Waals surface area contributed by atoms with E-state index in [1.165, 1.54) is 24.3 Å². The zero-order valence-electron chi connectivity index (χ0n) is 15.1. The minimum absolute atomic E-state index is 0.0155. The highest BCUT2D eigenvalue weighted by Gasteiger charge is 2.11. The van der Waals surface area contributed by atoms with Crippen LogP contribution < -0.4 is 9.47 Å². The molecule has 0 fully saturated rings. The smallest absolute Gasteiger partial charge is 0.269 e. The van der Waals surface area contributed by atoms with Crippen molar-refractivity contribution in [1.29, 1.82) is 0 Å². The molecule has 3 aromatic carbocycles. The van der Waals surface area contributed by atoms with Crippen LogP contribution in [0.4, 0.5) is 11.4 Å². The largest absolute Gasteiger partial charge is 0.502 e.